The lowest BCUT2D eigenvalue weighted by Crippen LogP contribution is -2.44. The third-order valence-corrected chi connectivity index (χ3v) is 6.22. The molecule has 6 heteroatoms. The Hall–Kier alpha value is -2.08. The highest BCUT2D eigenvalue weighted by Crippen LogP contribution is 2.37. The third-order valence-electron chi connectivity index (χ3n) is 6.22. The number of piperidine rings is 1. The number of para-hydroxylation sites is 1. The van der Waals surface area contributed by atoms with Gasteiger partial charge >= 0.3 is 0 Å². The molecule has 0 saturated carbocycles. The first-order chi connectivity index (χ1) is 13.6. The van der Waals surface area contributed by atoms with E-state index in [1.165, 1.54) is 0 Å². The van der Waals surface area contributed by atoms with Crippen molar-refractivity contribution in [1.82, 2.24) is 9.80 Å². The number of carbonyl (C=O) groups is 2. The van der Waals surface area contributed by atoms with Crippen LogP contribution in [0.15, 0.2) is 24.3 Å². The van der Waals surface area contributed by atoms with E-state index < -0.39 is 0 Å². The van der Waals surface area contributed by atoms with Gasteiger partial charge in [-0.25, -0.2) is 0 Å². The molecule has 1 aromatic rings. The average Bonchev–Trinajstić information content (AvgIpc) is 2.75. The van der Waals surface area contributed by atoms with Crippen LogP contribution in [0.25, 0.3) is 0 Å². The summed E-state index contributed by atoms with van der Waals surface area (Å²) in [5, 5.41) is 10.0. The zero-order valence-corrected chi connectivity index (χ0v) is 16.9. The molecule has 1 fully saturated rings. The Bertz CT molecular complexity index is 683. The number of carbonyl (C=O) groups excluding carboxylic acids is 2. The largest absolute Gasteiger partial charge is 0.491 e. The lowest BCUT2D eigenvalue weighted by atomic mass is 9.75. The molecule has 1 saturated heterocycles. The predicted molar refractivity (Wildman–Crippen MR) is 107 cm³/mol. The summed E-state index contributed by atoms with van der Waals surface area (Å²) in [6.45, 7) is 4.96. The molecule has 154 valence electrons. The van der Waals surface area contributed by atoms with E-state index in [2.05, 4.69) is 0 Å². The number of benzene rings is 1. The SMILES string of the molecule is CCC(=O)N1CCCCC2(CO)CCN(CC2)C(=O)c2ccccc2OCC1. The van der Waals surface area contributed by atoms with Crippen LogP contribution in [-0.4, -0.2) is 66.1 Å². The van der Waals surface area contributed by atoms with Gasteiger partial charge in [0.25, 0.3) is 5.91 Å². The molecule has 4 rings (SSSR count). The second-order valence-electron chi connectivity index (χ2n) is 7.99. The molecule has 1 aromatic carbocycles. The highest BCUT2D eigenvalue weighted by molar-refractivity contribution is 5.97. The van der Waals surface area contributed by atoms with Crippen LogP contribution in [0.5, 0.6) is 5.75 Å². The molecule has 0 aromatic heterocycles. The van der Waals surface area contributed by atoms with Crippen molar-refractivity contribution in [2.75, 3.05) is 39.4 Å². The summed E-state index contributed by atoms with van der Waals surface area (Å²) < 4.78 is 5.92. The summed E-state index contributed by atoms with van der Waals surface area (Å²) in [7, 11) is 0. The maximum Gasteiger partial charge on any atom is 0.257 e. The van der Waals surface area contributed by atoms with Crippen LogP contribution in [-0.2, 0) is 4.79 Å². The fourth-order valence-electron chi connectivity index (χ4n) is 4.26. The molecule has 3 aliphatic heterocycles. The van der Waals surface area contributed by atoms with Crippen molar-refractivity contribution in [3.8, 4) is 5.75 Å². The van der Waals surface area contributed by atoms with Crippen LogP contribution >= 0.6 is 0 Å². The number of aliphatic hydroxyl groups excluding tert-OH is 1. The second-order valence-corrected chi connectivity index (χ2v) is 7.99. The number of hydrogen-bond donors (Lipinski definition) is 1. The van der Waals surface area contributed by atoms with Gasteiger partial charge in [0.2, 0.25) is 5.91 Å². The molecular weight excluding hydrogens is 356 g/mol. The quantitative estimate of drug-likeness (QED) is 0.846. The Balaban J connectivity index is 1.83. The number of rotatable bonds is 2. The molecule has 0 atom stereocenters. The number of ether oxygens (including phenoxy) is 1. The smallest absolute Gasteiger partial charge is 0.257 e. The highest BCUT2D eigenvalue weighted by atomic mass is 16.5. The van der Waals surface area contributed by atoms with Gasteiger partial charge in [-0.2, -0.15) is 0 Å². The minimum atomic E-state index is -0.105. The Morgan fingerprint density at radius 3 is 2.57 bits per heavy atom. The van der Waals surface area contributed by atoms with E-state index in [9.17, 15) is 14.7 Å². The van der Waals surface area contributed by atoms with E-state index in [-0.39, 0.29) is 23.8 Å². The molecule has 0 spiro atoms. The number of aliphatic hydroxyl groups is 1. The normalized spacial score (nSPS) is 20.7. The summed E-state index contributed by atoms with van der Waals surface area (Å²) in [5.41, 5.74) is 0.467. The Kier molecular flexibility index (Phi) is 6.94. The van der Waals surface area contributed by atoms with Crippen LogP contribution in [0, 0.1) is 5.41 Å². The summed E-state index contributed by atoms with van der Waals surface area (Å²) in [5.74, 6) is 0.685. The molecule has 0 aliphatic carbocycles. The van der Waals surface area contributed by atoms with Gasteiger partial charge in [0.1, 0.15) is 12.4 Å². The van der Waals surface area contributed by atoms with Crippen molar-refractivity contribution in [3.05, 3.63) is 29.8 Å². The zero-order valence-electron chi connectivity index (χ0n) is 16.9. The highest BCUT2D eigenvalue weighted by Gasteiger charge is 2.35. The maximum atomic E-state index is 13.1. The van der Waals surface area contributed by atoms with E-state index in [0.717, 1.165) is 32.1 Å². The number of nitrogens with zero attached hydrogens (tertiary/aromatic N) is 2. The molecular formula is C22H32N2O4. The Morgan fingerprint density at radius 2 is 1.86 bits per heavy atom. The Labute approximate surface area is 167 Å². The van der Waals surface area contributed by atoms with Crippen molar-refractivity contribution in [2.45, 2.75) is 45.4 Å². The zero-order chi connectivity index (χ0) is 20.0. The van der Waals surface area contributed by atoms with Crippen LogP contribution in [0.4, 0.5) is 0 Å². The topological polar surface area (TPSA) is 70.1 Å². The van der Waals surface area contributed by atoms with Crippen molar-refractivity contribution >= 4 is 11.8 Å². The van der Waals surface area contributed by atoms with Crippen molar-refractivity contribution in [3.63, 3.8) is 0 Å². The maximum absolute atomic E-state index is 13.1. The predicted octanol–water partition coefficient (Wildman–Crippen LogP) is 2.70. The van der Waals surface area contributed by atoms with E-state index in [1.54, 1.807) is 6.07 Å². The van der Waals surface area contributed by atoms with E-state index in [4.69, 9.17) is 4.74 Å². The molecule has 0 radical (unpaired) electrons. The molecule has 3 aliphatic rings. The molecule has 1 N–H and O–H groups in total. The minimum Gasteiger partial charge on any atom is -0.491 e. The summed E-state index contributed by atoms with van der Waals surface area (Å²) in [6, 6.07) is 7.34. The van der Waals surface area contributed by atoms with Gasteiger partial charge in [-0.15, -0.1) is 0 Å². The molecule has 0 unspecified atom stereocenters. The minimum absolute atomic E-state index is 0.0153. The van der Waals surface area contributed by atoms with Crippen LogP contribution in [0.1, 0.15) is 55.8 Å². The number of fused-ring (bicyclic) bond motifs is 9. The van der Waals surface area contributed by atoms with Crippen LogP contribution < -0.4 is 4.74 Å². The fraction of sp³-hybridized carbons (Fsp3) is 0.636. The van der Waals surface area contributed by atoms with E-state index >= 15 is 0 Å². The van der Waals surface area contributed by atoms with Gasteiger partial charge in [-0.05, 0) is 43.2 Å². The van der Waals surface area contributed by atoms with Gasteiger partial charge in [0, 0.05) is 32.7 Å². The van der Waals surface area contributed by atoms with Gasteiger partial charge in [-0.3, -0.25) is 9.59 Å². The standard InChI is InChI=1S/C22H32N2O4/c1-2-20(26)23-12-6-5-9-22(17-25)10-13-24(14-11-22)21(27)18-7-3-4-8-19(18)28-16-15-23/h3-4,7-8,25H,2,5-6,9-17H2,1H3. The molecule has 28 heavy (non-hydrogen) atoms. The summed E-state index contributed by atoms with van der Waals surface area (Å²) in [4.78, 5) is 29.1. The monoisotopic (exact) mass is 388 g/mol. The Morgan fingerprint density at radius 1 is 1.11 bits per heavy atom. The van der Waals surface area contributed by atoms with Crippen molar-refractivity contribution < 1.29 is 19.4 Å². The first-order valence-electron chi connectivity index (χ1n) is 10.5. The number of hydrogen-bond acceptors (Lipinski definition) is 4. The molecule has 3 heterocycles. The van der Waals surface area contributed by atoms with Crippen LogP contribution in [0.2, 0.25) is 0 Å². The molecule has 2 bridgehead atoms. The number of amides is 2. The fourth-order valence-corrected chi connectivity index (χ4v) is 4.26. The first kappa shape index (κ1) is 20.6. The molecule has 6 nitrogen and oxygen atoms in total. The van der Waals surface area contributed by atoms with Gasteiger partial charge in [0.15, 0.2) is 0 Å². The van der Waals surface area contributed by atoms with Gasteiger partial charge in [0.05, 0.1) is 12.1 Å². The third kappa shape index (κ3) is 4.66. The lowest BCUT2D eigenvalue weighted by molar-refractivity contribution is -0.131. The van der Waals surface area contributed by atoms with E-state index in [0.29, 0.717) is 50.5 Å². The summed E-state index contributed by atoms with van der Waals surface area (Å²) in [6.07, 6.45) is 4.94. The van der Waals surface area contributed by atoms with Crippen LogP contribution in [0.3, 0.4) is 0 Å². The van der Waals surface area contributed by atoms with Gasteiger partial charge in [-0.1, -0.05) is 25.5 Å². The summed E-state index contributed by atoms with van der Waals surface area (Å²) >= 11 is 0. The van der Waals surface area contributed by atoms with Gasteiger partial charge < -0.3 is 19.6 Å². The molecule has 2 amide bonds. The van der Waals surface area contributed by atoms with Crippen molar-refractivity contribution in [1.29, 1.82) is 0 Å². The average molecular weight is 389 g/mol. The second kappa shape index (κ2) is 9.41. The van der Waals surface area contributed by atoms with Crippen molar-refractivity contribution in [2.24, 2.45) is 5.41 Å². The van der Waals surface area contributed by atoms with E-state index in [1.807, 2.05) is 34.9 Å². The lowest BCUT2D eigenvalue weighted by Gasteiger charge is -2.41. The first-order valence-corrected chi connectivity index (χ1v) is 10.5.